The second kappa shape index (κ2) is 5.41. The molecular formula is C12H10Br2ClNS. The Balaban J connectivity index is 2.42. The van der Waals surface area contributed by atoms with Gasteiger partial charge in [-0.1, -0.05) is 43.5 Å². The van der Waals surface area contributed by atoms with Crippen LogP contribution in [0.25, 0.3) is 0 Å². The van der Waals surface area contributed by atoms with E-state index in [-0.39, 0.29) is 6.04 Å². The Bertz CT molecular complexity index is 534. The zero-order chi connectivity index (χ0) is 12.6. The van der Waals surface area contributed by atoms with Gasteiger partial charge in [-0.25, -0.2) is 0 Å². The molecule has 1 aromatic carbocycles. The van der Waals surface area contributed by atoms with Crippen molar-refractivity contribution in [3.63, 3.8) is 0 Å². The van der Waals surface area contributed by atoms with Gasteiger partial charge in [-0.3, -0.25) is 0 Å². The van der Waals surface area contributed by atoms with E-state index in [0.29, 0.717) is 0 Å². The van der Waals surface area contributed by atoms with Crippen molar-refractivity contribution in [1.82, 2.24) is 0 Å². The molecule has 0 amide bonds. The van der Waals surface area contributed by atoms with Crippen molar-refractivity contribution in [3.8, 4) is 0 Å². The SMILES string of the molecule is Cc1cc(C(N)c2cc(Br)ccc2Br)sc1Cl. The molecule has 0 aliphatic carbocycles. The van der Waals surface area contributed by atoms with Gasteiger partial charge in [0.25, 0.3) is 0 Å². The first-order chi connectivity index (χ1) is 7.99. The van der Waals surface area contributed by atoms with E-state index >= 15 is 0 Å². The summed E-state index contributed by atoms with van der Waals surface area (Å²) in [5.74, 6) is 0. The van der Waals surface area contributed by atoms with Crippen molar-refractivity contribution in [1.29, 1.82) is 0 Å². The van der Waals surface area contributed by atoms with Crippen LogP contribution in [0, 0.1) is 6.92 Å². The van der Waals surface area contributed by atoms with E-state index in [2.05, 4.69) is 31.9 Å². The van der Waals surface area contributed by atoms with Crippen LogP contribution in [0.1, 0.15) is 22.0 Å². The average Bonchev–Trinajstić information content (AvgIpc) is 2.62. The molecule has 0 spiro atoms. The third-order valence-electron chi connectivity index (χ3n) is 2.48. The predicted molar refractivity (Wildman–Crippen MR) is 81.9 cm³/mol. The van der Waals surface area contributed by atoms with Crippen LogP contribution in [0.4, 0.5) is 0 Å². The standard InChI is InChI=1S/C12H10Br2ClNS/c1-6-4-10(17-12(6)15)11(16)8-5-7(13)2-3-9(8)14/h2-5,11H,16H2,1H3. The molecule has 0 saturated heterocycles. The van der Waals surface area contributed by atoms with Gasteiger partial charge in [-0.15, -0.1) is 11.3 Å². The lowest BCUT2D eigenvalue weighted by molar-refractivity contribution is 0.885. The van der Waals surface area contributed by atoms with Crippen LogP contribution in [0.3, 0.4) is 0 Å². The molecule has 0 aliphatic rings. The minimum Gasteiger partial charge on any atom is -0.320 e. The molecule has 0 aliphatic heterocycles. The Labute approximate surface area is 126 Å². The minimum atomic E-state index is -0.155. The van der Waals surface area contributed by atoms with Crippen LogP contribution in [-0.2, 0) is 0 Å². The zero-order valence-electron chi connectivity index (χ0n) is 9.01. The maximum Gasteiger partial charge on any atom is 0.0961 e. The second-order valence-corrected chi connectivity index (χ2v) is 7.20. The summed E-state index contributed by atoms with van der Waals surface area (Å²) >= 11 is 14.6. The van der Waals surface area contributed by atoms with Crippen LogP contribution in [0.2, 0.25) is 4.34 Å². The Morgan fingerprint density at radius 3 is 2.59 bits per heavy atom. The van der Waals surface area contributed by atoms with Crippen LogP contribution in [0.15, 0.2) is 33.2 Å². The maximum atomic E-state index is 6.27. The first kappa shape index (κ1) is 13.6. The molecule has 90 valence electrons. The van der Waals surface area contributed by atoms with Gasteiger partial charge < -0.3 is 5.73 Å². The van der Waals surface area contributed by atoms with Gasteiger partial charge in [-0.05, 0) is 42.3 Å². The molecule has 17 heavy (non-hydrogen) atoms. The monoisotopic (exact) mass is 393 g/mol. The molecule has 2 N–H and O–H groups in total. The van der Waals surface area contributed by atoms with E-state index < -0.39 is 0 Å². The van der Waals surface area contributed by atoms with Crippen molar-refractivity contribution < 1.29 is 0 Å². The molecule has 0 fully saturated rings. The van der Waals surface area contributed by atoms with Crippen molar-refractivity contribution in [2.45, 2.75) is 13.0 Å². The fourth-order valence-corrected chi connectivity index (χ4v) is 3.65. The molecule has 1 nitrogen and oxygen atoms in total. The Hall–Kier alpha value is 0.130. The number of thiophene rings is 1. The van der Waals surface area contributed by atoms with E-state index in [4.69, 9.17) is 17.3 Å². The van der Waals surface area contributed by atoms with E-state index in [1.165, 1.54) is 11.3 Å². The number of aryl methyl sites for hydroxylation is 1. The van der Waals surface area contributed by atoms with Crippen LogP contribution in [-0.4, -0.2) is 0 Å². The summed E-state index contributed by atoms with van der Waals surface area (Å²) in [5, 5.41) is 0. The normalized spacial score (nSPS) is 12.8. The summed E-state index contributed by atoms with van der Waals surface area (Å²) in [7, 11) is 0. The molecule has 2 aromatic rings. The summed E-state index contributed by atoms with van der Waals surface area (Å²) in [6.45, 7) is 1.99. The van der Waals surface area contributed by atoms with Gasteiger partial charge in [0.05, 0.1) is 10.4 Å². The lowest BCUT2D eigenvalue weighted by atomic mass is 10.1. The van der Waals surface area contributed by atoms with Crippen molar-refractivity contribution in [3.05, 3.63) is 53.6 Å². The highest BCUT2D eigenvalue weighted by atomic mass is 79.9. The first-order valence-corrected chi connectivity index (χ1v) is 7.73. The maximum absolute atomic E-state index is 6.27. The van der Waals surface area contributed by atoms with E-state index in [1.807, 2.05) is 31.2 Å². The van der Waals surface area contributed by atoms with Gasteiger partial charge in [0.15, 0.2) is 0 Å². The van der Waals surface area contributed by atoms with E-state index in [0.717, 1.165) is 29.3 Å². The van der Waals surface area contributed by atoms with Gasteiger partial charge in [0.2, 0.25) is 0 Å². The molecule has 1 aromatic heterocycles. The number of hydrogen-bond acceptors (Lipinski definition) is 2. The lowest BCUT2D eigenvalue weighted by Crippen LogP contribution is -2.10. The number of rotatable bonds is 2. The number of halogens is 3. The van der Waals surface area contributed by atoms with E-state index in [1.54, 1.807) is 0 Å². The summed E-state index contributed by atoms with van der Waals surface area (Å²) in [4.78, 5) is 1.08. The van der Waals surface area contributed by atoms with Crippen LogP contribution >= 0.6 is 54.8 Å². The average molecular weight is 396 g/mol. The van der Waals surface area contributed by atoms with Crippen LogP contribution in [0.5, 0.6) is 0 Å². The highest BCUT2D eigenvalue weighted by Crippen LogP contribution is 2.36. The Morgan fingerprint density at radius 2 is 2.00 bits per heavy atom. The van der Waals surface area contributed by atoms with Crippen molar-refractivity contribution >= 4 is 54.8 Å². The van der Waals surface area contributed by atoms with Crippen molar-refractivity contribution in [2.24, 2.45) is 5.73 Å². The highest BCUT2D eigenvalue weighted by Gasteiger charge is 2.16. The first-order valence-electron chi connectivity index (χ1n) is 4.95. The number of hydrogen-bond donors (Lipinski definition) is 1. The molecule has 5 heteroatoms. The number of benzene rings is 1. The topological polar surface area (TPSA) is 26.0 Å². The summed E-state index contributed by atoms with van der Waals surface area (Å²) in [5.41, 5.74) is 8.40. The molecule has 0 bridgehead atoms. The largest absolute Gasteiger partial charge is 0.320 e. The molecule has 0 saturated carbocycles. The second-order valence-electron chi connectivity index (χ2n) is 3.75. The lowest BCUT2D eigenvalue weighted by Gasteiger charge is -2.12. The molecule has 1 unspecified atom stereocenters. The highest BCUT2D eigenvalue weighted by molar-refractivity contribution is 9.11. The molecule has 1 atom stereocenters. The smallest absolute Gasteiger partial charge is 0.0961 e. The molecule has 2 rings (SSSR count). The fraction of sp³-hybridized carbons (Fsp3) is 0.167. The minimum absolute atomic E-state index is 0.155. The quantitative estimate of drug-likeness (QED) is 0.735. The van der Waals surface area contributed by atoms with Gasteiger partial charge in [-0.2, -0.15) is 0 Å². The van der Waals surface area contributed by atoms with Crippen LogP contribution < -0.4 is 5.73 Å². The number of nitrogens with two attached hydrogens (primary N) is 1. The van der Waals surface area contributed by atoms with Gasteiger partial charge in [0, 0.05) is 13.8 Å². The Kier molecular flexibility index (Phi) is 4.31. The Morgan fingerprint density at radius 1 is 1.29 bits per heavy atom. The van der Waals surface area contributed by atoms with Gasteiger partial charge in [0.1, 0.15) is 0 Å². The fourth-order valence-electron chi connectivity index (χ4n) is 1.54. The third kappa shape index (κ3) is 2.93. The zero-order valence-corrected chi connectivity index (χ0v) is 13.8. The summed E-state index contributed by atoms with van der Waals surface area (Å²) in [6, 6.07) is 7.88. The van der Waals surface area contributed by atoms with E-state index in [9.17, 15) is 0 Å². The molecule has 0 radical (unpaired) electrons. The summed E-state index contributed by atoms with van der Waals surface area (Å²) in [6.07, 6.45) is 0. The molecule has 1 heterocycles. The molecular weight excluding hydrogens is 385 g/mol. The third-order valence-corrected chi connectivity index (χ3v) is 5.33. The van der Waals surface area contributed by atoms with Crippen molar-refractivity contribution in [2.75, 3.05) is 0 Å². The predicted octanol–water partition coefficient (Wildman–Crippen LogP) is 5.28. The summed E-state index contributed by atoms with van der Waals surface area (Å²) < 4.78 is 2.84. The van der Waals surface area contributed by atoms with Gasteiger partial charge >= 0.3 is 0 Å².